The molecule has 7 heteroatoms. The molecule has 0 spiro atoms. The number of hydrogen-bond donors (Lipinski definition) is 1. The molecule has 1 N–H and O–H groups in total. The Hall–Kier alpha value is -2.76. The fraction of sp³-hybridized carbons (Fsp3) is 0.143. The van der Waals surface area contributed by atoms with Crippen LogP contribution in [0.2, 0.25) is 10.0 Å². The van der Waals surface area contributed by atoms with Crippen molar-refractivity contribution in [2.75, 3.05) is 5.32 Å². The Bertz CT molecular complexity index is 1070. The van der Waals surface area contributed by atoms with Gasteiger partial charge in [0.2, 0.25) is 5.95 Å². The molecule has 140 valence electrons. The Labute approximate surface area is 171 Å². The van der Waals surface area contributed by atoms with Crippen LogP contribution in [0.4, 0.5) is 5.95 Å². The summed E-state index contributed by atoms with van der Waals surface area (Å²) in [6.07, 6.45) is 2.47. The lowest BCUT2D eigenvalue weighted by Crippen LogP contribution is -2.22. The predicted molar refractivity (Wildman–Crippen MR) is 108 cm³/mol. The molecule has 5 nitrogen and oxygen atoms in total. The van der Waals surface area contributed by atoms with Crippen LogP contribution in [0, 0.1) is 0 Å². The van der Waals surface area contributed by atoms with Crippen LogP contribution in [0.5, 0.6) is 0 Å². The van der Waals surface area contributed by atoms with Crippen LogP contribution in [-0.2, 0) is 6.42 Å². The second-order valence-electron chi connectivity index (χ2n) is 6.60. The number of aromatic nitrogens is 2. The number of nitrogens with one attached hydrogen (secondary N) is 1. The molecule has 3 aromatic rings. The van der Waals surface area contributed by atoms with Crippen LogP contribution >= 0.6 is 23.2 Å². The van der Waals surface area contributed by atoms with Crippen molar-refractivity contribution in [2.45, 2.75) is 18.8 Å². The third-order valence-electron chi connectivity index (χ3n) is 4.69. The smallest absolute Gasteiger partial charge is 0.258 e. The molecule has 0 aliphatic heterocycles. The lowest BCUT2D eigenvalue weighted by Gasteiger charge is -2.23. The van der Waals surface area contributed by atoms with Crippen molar-refractivity contribution in [1.29, 1.82) is 0 Å². The van der Waals surface area contributed by atoms with Crippen molar-refractivity contribution in [1.82, 2.24) is 9.97 Å². The fourth-order valence-corrected chi connectivity index (χ4v) is 3.60. The molecule has 4 rings (SSSR count). The summed E-state index contributed by atoms with van der Waals surface area (Å²) in [6, 6.07) is 14.1. The Kier molecular flexibility index (Phi) is 5.11. The Balaban J connectivity index is 1.57. The summed E-state index contributed by atoms with van der Waals surface area (Å²) >= 11 is 11.9. The Morgan fingerprint density at radius 3 is 2.57 bits per heavy atom. The van der Waals surface area contributed by atoms with E-state index in [0.29, 0.717) is 39.7 Å². The summed E-state index contributed by atoms with van der Waals surface area (Å²) in [7, 11) is 0. The predicted octanol–water partition coefficient (Wildman–Crippen LogP) is 4.95. The van der Waals surface area contributed by atoms with Gasteiger partial charge in [0.1, 0.15) is 0 Å². The first-order chi connectivity index (χ1) is 13.5. The highest BCUT2D eigenvalue weighted by Crippen LogP contribution is 2.32. The van der Waals surface area contributed by atoms with Crippen LogP contribution < -0.4 is 5.32 Å². The summed E-state index contributed by atoms with van der Waals surface area (Å²) < 4.78 is 0. The summed E-state index contributed by atoms with van der Waals surface area (Å²) in [5.74, 6) is -0.190. The molecule has 0 bridgehead atoms. The van der Waals surface area contributed by atoms with E-state index in [1.807, 2.05) is 24.3 Å². The van der Waals surface area contributed by atoms with E-state index in [1.165, 1.54) is 6.20 Å². The highest BCUT2D eigenvalue weighted by Gasteiger charge is 2.28. The minimum absolute atomic E-state index is 0.00563. The highest BCUT2D eigenvalue weighted by atomic mass is 35.5. The number of hydrogen-bond acceptors (Lipinski definition) is 4. The topological polar surface area (TPSA) is 72.0 Å². The highest BCUT2D eigenvalue weighted by molar-refractivity contribution is 6.31. The molecule has 0 radical (unpaired) electrons. The maximum atomic E-state index is 12.5. The van der Waals surface area contributed by atoms with E-state index < -0.39 is 0 Å². The molecular weight excluding hydrogens is 397 g/mol. The van der Waals surface area contributed by atoms with Gasteiger partial charge in [-0.25, -0.2) is 9.97 Å². The van der Waals surface area contributed by atoms with Gasteiger partial charge in [0.15, 0.2) is 5.78 Å². The number of carbonyl (C=O) groups is 2. The maximum absolute atomic E-state index is 12.5. The SMILES string of the molecule is O=C(Nc1ncc2c(n1)C[C@H](c1ccc(Cl)cc1)CC2=O)c1cccc(Cl)c1. The van der Waals surface area contributed by atoms with Crippen molar-refractivity contribution in [3.63, 3.8) is 0 Å². The van der Waals surface area contributed by atoms with E-state index in [2.05, 4.69) is 15.3 Å². The van der Waals surface area contributed by atoms with Gasteiger partial charge in [0.25, 0.3) is 5.91 Å². The van der Waals surface area contributed by atoms with Gasteiger partial charge in [-0.2, -0.15) is 0 Å². The number of halogens is 2. The average Bonchev–Trinajstić information content (AvgIpc) is 2.68. The van der Waals surface area contributed by atoms with E-state index in [-0.39, 0.29) is 23.6 Å². The monoisotopic (exact) mass is 411 g/mol. The average molecular weight is 412 g/mol. The van der Waals surface area contributed by atoms with Crippen molar-refractivity contribution in [2.24, 2.45) is 0 Å². The minimum Gasteiger partial charge on any atom is -0.294 e. The van der Waals surface area contributed by atoms with Gasteiger partial charge in [0, 0.05) is 28.2 Å². The first kappa shape index (κ1) is 18.6. The molecule has 0 saturated carbocycles. The van der Waals surface area contributed by atoms with Gasteiger partial charge >= 0.3 is 0 Å². The number of nitrogens with zero attached hydrogens (tertiary/aromatic N) is 2. The third kappa shape index (κ3) is 3.91. The van der Waals surface area contributed by atoms with Gasteiger partial charge in [-0.05, 0) is 48.2 Å². The molecule has 1 aromatic heterocycles. The van der Waals surface area contributed by atoms with E-state index >= 15 is 0 Å². The van der Waals surface area contributed by atoms with E-state index in [1.54, 1.807) is 24.3 Å². The molecule has 0 fully saturated rings. The minimum atomic E-state index is -0.362. The van der Waals surface area contributed by atoms with E-state index in [4.69, 9.17) is 23.2 Å². The molecule has 2 aromatic carbocycles. The molecule has 0 saturated heterocycles. The standard InChI is InChI=1S/C21H15Cl2N3O2/c22-15-6-4-12(5-7-15)14-9-18-17(19(27)10-14)11-24-21(25-18)26-20(28)13-2-1-3-16(23)8-13/h1-8,11,14H,9-10H2,(H,24,25,26,28)/t14-/m0/s1. The largest absolute Gasteiger partial charge is 0.294 e. The first-order valence-electron chi connectivity index (χ1n) is 8.71. The quantitative estimate of drug-likeness (QED) is 0.661. The zero-order valence-electron chi connectivity index (χ0n) is 14.7. The second kappa shape index (κ2) is 7.70. The van der Waals surface area contributed by atoms with Crippen LogP contribution in [-0.4, -0.2) is 21.7 Å². The number of ketones is 1. The zero-order chi connectivity index (χ0) is 19.7. The number of rotatable bonds is 3. The number of Topliss-reactive ketones (excluding diaryl/α,β-unsaturated/α-hetero) is 1. The van der Waals surface area contributed by atoms with Crippen LogP contribution in [0.25, 0.3) is 0 Å². The van der Waals surface area contributed by atoms with Crippen LogP contribution in [0.1, 0.15) is 44.3 Å². The fourth-order valence-electron chi connectivity index (χ4n) is 3.28. The summed E-state index contributed by atoms with van der Waals surface area (Å²) in [5.41, 5.74) is 2.58. The number of amides is 1. The molecule has 1 aliphatic carbocycles. The maximum Gasteiger partial charge on any atom is 0.258 e. The number of anilines is 1. The van der Waals surface area contributed by atoms with Gasteiger partial charge in [-0.3, -0.25) is 14.9 Å². The molecule has 1 aliphatic rings. The molecular formula is C21H15Cl2N3O2. The first-order valence-corrected chi connectivity index (χ1v) is 9.46. The van der Waals surface area contributed by atoms with Gasteiger partial charge in [-0.1, -0.05) is 41.4 Å². The molecule has 0 unspecified atom stereocenters. The second-order valence-corrected chi connectivity index (χ2v) is 7.47. The van der Waals surface area contributed by atoms with Gasteiger partial charge < -0.3 is 0 Å². The van der Waals surface area contributed by atoms with Crippen molar-refractivity contribution in [3.8, 4) is 0 Å². The van der Waals surface area contributed by atoms with Crippen molar-refractivity contribution < 1.29 is 9.59 Å². The number of carbonyl (C=O) groups excluding carboxylic acids is 2. The number of fused-ring (bicyclic) bond motifs is 1. The normalized spacial score (nSPS) is 15.8. The van der Waals surface area contributed by atoms with Gasteiger partial charge in [0.05, 0.1) is 11.3 Å². The Morgan fingerprint density at radius 1 is 1.04 bits per heavy atom. The Morgan fingerprint density at radius 2 is 1.82 bits per heavy atom. The van der Waals surface area contributed by atoms with Crippen molar-refractivity contribution in [3.05, 3.63) is 87.2 Å². The van der Waals surface area contributed by atoms with Crippen LogP contribution in [0.15, 0.2) is 54.7 Å². The molecule has 1 atom stereocenters. The number of benzene rings is 2. The summed E-state index contributed by atoms with van der Waals surface area (Å²) in [5, 5.41) is 3.78. The van der Waals surface area contributed by atoms with Crippen LogP contribution in [0.3, 0.4) is 0 Å². The lowest BCUT2D eigenvalue weighted by molar-refractivity contribution is 0.0962. The van der Waals surface area contributed by atoms with Gasteiger partial charge in [-0.15, -0.1) is 0 Å². The van der Waals surface area contributed by atoms with Crippen molar-refractivity contribution >= 4 is 40.8 Å². The zero-order valence-corrected chi connectivity index (χ0v) is 16.2. The summed E-state index contributed by atoms with van der Waals surface area (Å²) in [6.45, 7) is 0. The molecule has 1 heterocycles. The molecule has 1 amide bonds. The summed E-state index contributed by atoms with van der Waals surface area (Å²) in [4.78, 5) is 33.5. The third-order valence-corrected chi connectivity index (χ3v) is 5.18. The lowest BCUT2D eigenvalue weighted by atomic mass is 9.82. The van der Waals surface area contributed by atoms with E-state index in [0.717, 1.165) is 5.56 Å². The van der Waals surface area contributed by atoms with E-state index in [9.17, 15) is 9.59 Å². The molecule has 28 heavy (non-hydrogen) atoms.